The minimum Gasteiger partial charge on any atom is -0.0850 e. The van der Waals surface area contributed by atoms with E-state index in [0.717, 1.165) is 6.42 Å². The average Bonchev–Trinajstić information content (AvgIpc) is 2.88. The van der Waals surface area contributed by atoms with Crippen LogP contribution in [0.5, 0.6) is 0 Å². The summed E-state index contributed by atoms with van der Waals surface area (Å²) >= 11 is 0. The van der Waals surface area contributed by atoms with Crippen LogP contribution in [0.3, 0.4) is 0 Å². The molecule has 0 heteroatoms. The summed E-state index contributed by atoms with van der Waals surface area (Å²) in [5, 5.41) is 0. The van der Waals surface area contributed by atoms with Crippen LogP contribution in [0.1, 0.15) is 115 Å². The first kappa shape index (κ1) is 34.6. The molecule has 0 radical (unpaired) electrons. The number of hydrogen-bond donors (Lipinski definition) is 0. The van der Waals surface area contributed by atoms with E-state index < -0.39 is 0 Å². The monoisotopic (exact) mass is 552 g/mol. The normalized spacial score (nSPS) is 23.9. The number of allylic oxidation sites excluding steroid dienone is 20. The second-order valence-corrected chi connectivity index (χ2v) is 14.1. The smallest absolute Gasteiger partial charge is 0.00285 e. The van der Waals surface area contributed by atoms with Crippen molar-refractivity contribution < 1.29 is 0 Å². The molecule has 0 spiro atoms. The highest BCUT2D eigenvalue weighted by Gasteiger charge is 2.30. The van der Waals surface area contributed by atoms with Gasteiger partial charge in [0.05, 0.1) is 0 Å². The van der Waals surface area contributed by atoms with E-state index in [-0.39, 0.29) is 0 Å². The minimum atomic E-state index is 0.302. The van der Waals surface area contributed by atoms with Crippen molar-refractivity contribution in [3.8, 4) is 0 Å². The molecule has 0 saturated carbocycles. The molecule has 0 bridgehead atoms. The Morgan fingerprint density at radius 1 is 0.854 bits per heavy atom. The van der Waals surface area contributed by atoms with E-state index in [1.54, 1.807) is 11.1 Å². The zero-order valence-corrected chi connectivity index (χ0v) is 28.4. The number of hydrogen-bond acceptors (Lipinski definition) is 0. The summed E-state index contributed by atoms with van der Waals surface area (Å²) in [6.07, 6.45) is 36.9. The first-order valence-electron chi connectivity index (χ1n) is 16.0. The first-order valence-corrected chi connectivity index (χ1v) is 16.0. The third kappa shape index (κ3) is 11.7. The summed E-state index contributed by atoms with van der Waals surface area (Å²) < 4.78 is 0. The van der Waals surface area contributed by atoms with E-state index in [0.29, 0.717) is 22.7 Å². The van der Waals surface area contributed by atoms with Crippen LogP contribution in [0.25, 0.3) is 0 Å². The molecular formula is C41H60. The van der Waals surface area contributed by atoms with Gasteiger partial charge in [-0.2, -0.15) is 0 Å². The van der Waals surface area contributed by atoms with E-state index in [1.807, 2.05) is 0 Å². The molecular weight excluding hydrogens is 492 g/mol. The van der Waals surface area contributed by atoms with Gasteiger partial charge in [-0.15, -0.1) is 0 Å². The van der Waals surface area contributed by atoms with E-state index in [4.69, 9.17) is 0 Å². The zero-order valence-electron chi connectivity index (χ0n) is 28.4. The second kappa shape index (κ2) is 16.1. The van der Waals surface area contributed by atoms with Crippen LogP contribution in [-0.4, -0.2) is 0 Å². The molecule has 0 amide bonds. The lowest BCUT2D eigenvalue weighted by molar-refractivity contribution is 0.255. The summed E-state index contributed by atoms with van der Waals surface area (Å²) in [5.74, 6) is 1.06. The Morgan fingerprint density at radius 2 is 1.51 bits per heavy atom. The van der Waals surface area contributed by atoms with Gasteiger partial charge in [0.2, 0.25) is 0 Å². The van der Waals surface area contributed by atoms with E-state index in [1.165, 1.54) is 60.0 Å². The Morgan fingerprint density at radius 3 is 2.20 bits per heavy atom. The molecule has 0 aromatic heterocycles. The van der Waals surface area contributed by atoms with Crippen LogP contribution in [-0.2, 0) is 0 Å². The molecule has 0 saturated heterocycles. The minimum absolute atomic E-state index is 0.302. The highest BCUT2D eigenvalue weighted by molar-refractivity contribution is 5.36. The van der Waals surface area contributed by atoms with Crippen LogP contribution in [0.4, 0.5) is 0 Å². The summed E-state index contributed by atoms with van der Waals surface area (Å²) in [6.45, 7) is 25.3. The maximum atomic E-state index is 2.41. The zero-order chi connectivity index (χ0) is 30.6. The lowest BCUT2D eigenvalue weighted by Crippen LogP contribution is -2.26. The Bertz CT molecular complexity index is 1190. The molecule has 2 atom stereocenters. The molecule has 41 heavy (non-hydrogen) atoms. The number of rotatable bonds is 11. The maximum Gasteiger partial charge on any atom is 0.00285 e. The van der Waals surface area contributed by atoms with E-state index in [9.17, 15) is 0 Å². The first-order chi connectivity index (χ1) is 19.2. The van der Waals surface area contributed by atoms with Gasteiger partial charge in [0.25, 0.3) is 0 Å². The molecule has 0 aromatic rings. The molecule has 2 aliphatic carbocycles. The van der Waals surface area contributed by atoms with Gasteiger partial charge in [-0.25, -0.2) is 0 Å². The fourth-order valence-electron chi connectivity index (χ4n) is 6.11. The van der Waals surface area contributed by atoms with Crippen LogP contribution >= 0.6 is 0 Å². The van der Waals surface area contributed by atoms with Gasteiger partial charge in [-0.3, -0.25) is 0 Å². The quantitative estimate of drug-likeness (QED) is 0.177. The molecule has 0 nitrogen and oxygen atoms in total. The second-order valence-electron chi connectivity index (χ2n) is 14.1. The van der Waals surface area contributed by atoms with Gasteiger partial charge in [0.15, 0.2) is 0 Å². The average molecular weight is 553 g/mol. The molecule has 0 aliphatic heterocycles. The van der Waals surface area contributed by atoms with Gasteiger partial charge in [0.1, 0.15) is 0 Å². The highest BCUT2D eigenvalue weighted by atomic mass is 14.3. The predicted molar refractivity (Wildman–Crippen MR) is 186 cm³/mol. The highest BCUT2D eigenvalue weighted by Crippen LogP contribution is 2.42. The Kier molecular flexibility index (Phi) is 13.6. The van der Waals surface area contributed by atoms with Crippen molar-refractivity contribution >= 4 is 0 Å². The van der Waals surface area contributed by atoms with Crippen molar-refractivity contribution in [2.75, 3.05) is 0 Å². The molecule has 2 unspecified atom stereocenters. The van der Waals surface area contributed by atoms with Crippen molar-refractivity contribution in [3.63, 3.8) is 0 Å². The predicted octanol–water partition coefficient (Wildman–Crippen LogP) is 12.9. The van der Waals surface area contributed by atoms with Crippen molar-refractivity contribution in [2.24, 2.45) is 22.7 Å². The van der Waals surface area contributed by atoms with Crippen LogP contribution in [0, 0.1) is 22.7 Å². The van der Waals surface area contributed by atoms with Gasteiger partial charge in [-0.1, -0.05) is 147 Å². The Balaban J connectivity index is 1.88. The standard InChI is InChI=1S/C41H60/c1-31(18-14-19-32(2)24-27-38-36(6)21-15-29-40(38,8)9)17-12-13-20-34(4)35(5)26-23-33(3)25-28-39-37(7)22-16-30-41(39,10)11/h12-14,17-21,23-25,27-28,35,38H,15-16,22,26,29-30H2,1-11H3. The van der Waals surface area contributed by atoms with Crippen molar-refractivity contribution in [1.29, 1.82) is 0 Å². The van der Waals surface area contributed by atoms with Crippen LogP contribution < -0.4 is 0 Å². The Labute approximate surface area is 254 Å². The van der Waals surface area contributed by atoms with Crippen LogP contribution in [0.2, 0.25) is 0 Å². The van der Waals surface area contributed by atoms with E-state index >= 15 is 0 Å². The largest absolute Gasteiger partial charge is 0.0850 e. The van der Waals surface area contributed by atoms with Crippen molar-refractivity contribution in [3.05, 3.63) is 118 Å². The van der Waals surface area contributed by atoms with E-state index in [2.05, 4.69) is 155 Å². The Hall–Kier alpha value is -2.60. The van der Waals surface area contributed by atoms with Crippen molar-refractivity contribution in [1.82, 2.24) is 0 Å². The molecule has 0 heterocycles. The van der Waals surface area contributed by atoms with Crippen LogP contribution in [0.15, 0.2) is 118 Å². The summed E-state index contributed by atoms with van der Waals surface area (Å²) in [5.41, 5.74) is 10.6. The van der Waals surface area contributed by atoms with Gasteiger partial charge in [-0.05, 0) is 102 Å². The molecule has 2 aliphatic rings. The summed E-state index contributed by atoms with van der Waals surface area (Å²) in [7, 11) is 0. The van der Waals surface area contributed by atoms with Gasteiger partial charge in [0, 0.05) is 5.92 Å². The van der Waals surface area contributed by atoms with Crippen molar-refractivity contribution in [2.45, 2.75) is 115 Å². The molecule has 0 N–H and O–H groups in total. The lowest BCUT2D eigenvalue weighted by atomic mass is 9.68. The fraction of sp³-hybridized carbons (Fsp3) is 0.512. The molecule has 224 valence electrons. The molecule has 0 aromatic carbocycles. The SMILES string of the molecule is CC(C=CC=C(C)C=CC1C(C)=CCCC1(C)C)=CC=CC=C(C)C(C)CC=C(C)C=CC1=C(C)CCCC1(C)C. The third-order valence-corrected chi connectivity index (χ3v) is 9.31. The summed E-state index contributed by atoms with van der Waals surface area (Å²) in [6, 6.07) is 0. The fourth-order valence-corrected chi connectivity index (χ4v) is 6.11. The maximum absolute atomic E-state index is 2.41. The van der Waals surface area contributed by atoms with Gasteiger partial charge < -0.3 is 0 Å². The molecule has 0 fully saturated rings. The third-order valence-electron chi connectivity index (χ3n) is 9.31. The molecule has 2 rings (SSSR count). The summed E-state index contributed by atoms with van der Waals surface area (Å²) in [4.78, 5) is 0. The van der Waals surface area contributed by atoms with Gasteiger partial charge >= 0.3 is 0 Å². The topological polar surface area (TPSA) is 0 Å². The lowest BCUT2D eigenvalue weighted by Gasteiger charge is -2.36.